The van der Waals surface area contributed by atoms with Crippen molar-refractivity contribution >= 4 is 15.9 Å². The molecular weight excluding hydrogens is 320 g/mol. The van der Waals surface area contributed by atoms with Gasteiger partial charge in [-0.3, -0.25) is 4.98 Å². The van der Waals surface area contributed by atoms with Crippen molar-refractivity contribution in [3.05, 3.63) is 58.3 Å². The number of aliphatic hydroxyl groups is 1. The molecule has 0 saturated heterocycles. The molecule has 0 fully saturated rings. The Balaban J connectivity index is 2.36. The van der Waals surface area contributed by atoms with Crippen molar-refractivity contribution in [2.75, 3.05) is 13.7 Å². The summed E-state index contributed by atoms with van der Waals surface area (Å²) in [6, 6.07) is 11.1. The van der Waals surface area contributed by atoms with Crippen molar-refractivity contribution in [1.29, 1.82) is 0 Å². The summed E-state index contributed by atoms with van der Waals surface area (Å²) < 4.78 is 6.22. The van der Waals surface area contributed by atoms with Crippen molar-refractivity contribution in [3.8, 4) is 5.75 Å². The highest BCUT2D eigenvalue weighted by Crippen LogP contribution is 2.35. The van der Waals surface area contributed by atoms with E-state index in [4.69, 9.17) is 10.5 Å². The van der Waals surface area contributed by atoms with Crippen molar-refractivity contribution < 1.29 is 9.84 Å². The molecular formula is C15H17BrN2O2. The first kappa shape index (κ1) is 15.0. The highest BCUT2D eigenvalue weighted by Gasteiger charge is 2.25. The van der Waals surface area contributed by atoms with Gasteiger partial charge in [-0.15, -0.1) is 0 Å². The molecule has 1 heterocycles. The fourth-order valence-corrected chi connectivity index (χ4v) is 2.49. The monoisotopic (exact) mass is 336 g/mol. The number of halogens is 1. The molecule has 0 radical (unpaired) electrons. The molecule has 0 aliphatic carbocycles. The number of aliphatic hydroxyl groups excluding tert-OH is 1. The first-order valence-corrected chi connectivity index (χ1v) is 7.09. The molecule has 3 N–H and O–H groups in total. The topological polar surface area (TPSA) is 68.4 Å². The molecule has 0 aliphatic rings. The molecule has 20 heavy (non-hydrogen) atoms. The van der Waals surface area contributed by atoms with E-state index in [1.807, 2.05) is 36.4 Å². The maximum Gasteiger partial charge on any atom is 0.125 e. The van der Waals surface area contributed by atoms with Crippen molar-refractivity contribution in [1.82, 2.24) is 4.98 Å². The van der Waals surface area contributed by atoms with Gasteiger partial charge in [0.15, 0.2) is 0 Å². The summed E-state index contributed by atoms with van der Waals surface area (Å²) in [5.41, 5.74) is 7.29. The van der Waals surface area contributed by atoms with E-state index in [-0.39, 0.29) is 5.92 Å². The Morgan fingerprint density at radius 1 is 1.35 bits per heavy atom. The van der Waals surface area contributed by atoms with Crippen LogP contribution in [-0.4, -0.2) is 23.7 Å². The molecule has 5 heteroatoms. The molecule has 0 aliphatic heterocycles. The lowest BCUT2D eigenvalue weighted by molar-refractivity contribution is 0.142. The fraction of sp³-hybridized carbons (Fsp3) is 0.267. The van der Waals surface area contributed by atoms with Crippen LogP contribution in [0.25, 0.3) is 0 Å². The van der Waals surface area contributed by atoms with Gasteiger partial charge in [0.25, 0.3) is 0 Å². The van der Waals surface area contributed by atoms with E-state index in [2.05, 4.69) is 20.9 Å². The standard InChI is InChI=1S/C15H17BrN2O2/c1-20-14-8-10(16)5-6-11(14)15(19)12(9-17)13-4-2-3-7-18-13/h2-8,12,15,19H,9,17H2,1H3. The smallest absolute Gasteiger partial charge is 0.125 e. The largest absolute Gasteiger partial charge is 0.496 e. The SMILES string of the molecule is COc1cc(Br)ccc1C(O)C(CN)c1ccccn1. The lowest BCUT2D eigenvalue weighted by atomic mass is 9.92. The molecule has 1 aromatic heterocycles. The number of aromatic nitrogens is 1. The first-order valence-electron chi connectivity index (χ1n) is 6.30. The van der Waals surface area contributed by atoms with E-state index in [0.29, 0.717) is 17.9 Å². The van der Waals surface area contributed by atoms with Crippen LogP contribution in [0.15, 0.2) is 47.1 Å². The zero-order chi connectivity index (χ0) is 14.5. The minimum absolute atomic E-state index is 0.272. The molecule has 2 unspecified atom stereocenters. The van der Waals surface area contributed by atoms with E-state index in [1.54, 1.807) is 13.3 Å². The molecule has 106 valence electrons. The van der Waals surface area contributed by atoms with Crippen LogP contribution >= 0.6 is 15.9 Å². The van der Waals surface area contributed by atoms with Crippen LogP contribution < -0.4 is 10.5 Å². The molecule has 1 aromatic carbocycles. The highest BCUT2D eigenvalue weighted by atomic mass is 79.9. The molecule has 2 aromatic rings. The summed E-state index contributed by atoms with van der Waals surface area (Å²) in [4.78, 5) is 4.28. The summed E-state index contributed by atoms with van der Waals surface area (Å²) in [6.07, 6.45) is 0.932. The van der Waals surface area contributed by atoms with Gasteiger partial charge >= 0.3 is 0 Å². The first-order chi connectivity index (χ1) is 9.67. The predicted molar refractivity (Wildman–Crippen MR) is 81.7 cm³/mol. The summed E-state index contributed by atoms with van der Waals surface area (Å²) in [7, 11) is 1.58. The lowest BCUT2D eigenvalue weighted by Crippen LogP contribution is -2.21. The van der Waals surface area contributed by atoms with E-state index in [0.717, 1.165) is 10.2 Å². The number of pyridine rings is 1. The third-order valence-corrected chi connectivity index (χ3v) is 3.71. The number of rotatable bonds is 5. The van der Waals surface area contributed by atoms with Crippen molar-refractivity contribution in [2.24, 2.45) is 5.73 Å². The Morgan fingerprint density at radius 2 is 2.15 bits per heavy atom. The molecule has 0 saturated carbocycles. The minimum atomic E-state index is -0.766. The molecule has 2 rings (SSSR count). The van der Waals surface area contributed by atoms with E-state index in [9.17, 15) is 5.11 Å². The van der Waals surface area contributed by atoms with Gasteiger partial charge in [0.05, 0.1) is 13.2 Å². The number of nitrogens with zero attached hydrogens (tertiary/aromatic N) is 1. The predicted octanol–water partition coefficient (Wildman–Crippen LogP) is 2.63. The van der Waals surface area contributed by atoms with Gasteiger partial charge in [-0.2, -0.15) is 0 Å². The van der Waals surface area contributed by atoms with Crippen molar-refractivity contribution in [2.45, 2.75) is 12.0 Å². The van der Waals surface area contributed by atoms with Crippen LogP contribution in [0.4, 0.5) is 0 Å². The average molecular weight is 337 g/mol. The second-order valence-electron chi connectivity index (χ2n) is 4.43. The third-order valence-electron chi connectivity index (χ3n) is 3.22. The molecule has 0 spiro atoms. The van der Waals surface area contributed by atoms with Gasteiger partial charge < -0.3 is 15.6 Å². The molecule has 4 nitrogen and oxygen atoms in total. The highest BCUT2D eigenvalue weighted by molar-refractivity contribution is 9.10. The maximum absolute atomic E-state index is 10.6. The molecule has 0 amide bonds. The van der Waals surface area contributed by atoms with Crippen LogP contribution in [0.1, 0.15) is 23.3 Å². The Bertz CT molecular complexity index is 563. The van der Waals surface area contributed by atoms with Gasteiger partial charge in [0, 0.05) is 34.4 Å². The third kappa shape index (κ3) is 3.17. The molecule has 0 bridgehead atoms. The summed E-state index contributed by atoms with van der Waals surface area (Å²) in [6.45, 7) is 0.303. The molecule has 2 atom stereocenters. The van der Waals surface area contributed by atoms with Gasteiger partial charge in [-0.1, -0.05) is 28.1 Å². The maximum atomic E-state index is 10.6. The number of benzene rings is 1. The van der Waals surface area contributed by atoms with E-state index < -0.39 is 6.10 Å². The number of ether oxygens (including phenoxy) is 1. The van der Waals surface area contributed by atoms with Crippen LogP contribution in [0.2, 0.25) is 0 Å². The number of hydrogen-bond acceptors (Lipinski definition) is 4. The second kappa shape index (κ2) is 6.83. The van der Waals surface area contributed by atoms with E-state index in [1.165, 1.54) is 0 Å². The van der Waals surface area contributed by atoms with Gasteiger partial charge in [0.1, 0.15) is 5.75 Å². The Kier molecular flexibility index (Phi) is 5.11. The number of nitrogens with two attached hydrogens (primary N) is 1. The van der Waals surface area contributed by atoms with Gasteiger partial charge in [-0.25, -0.2) is 0 Å². The van der Waals surface area contributed by atoms with Gasteiger partial charge in [0.2, 0.25) is 0 Å². The van der Waals surface area contributed by atoms with Crippen LogP contribution in [0, 0.1) is 0 Å². The zero-order valence-corrected chi connectivity index (χ0v) is 12.7. The number of methoxy groups -OCH3 is 1. The quantitative estimate of drug-likeness (QED) is 0.880. The minimum Gasteiger partial charge on any atom is -0.496 e. The Labute approximate surface area is 126 Å². The van der Waals surface area contributed by atoms with Crippen LogP contribution in [-0.2, 0) is 0 Å². The van der Waals surface area contributed by atoms with Crippen LogP contribution in [0.3, 0.4) is 0 Å². The summed E-state index contributed by atoms with van der Waals surface area (Å²) in [5.74, 6) is 0.354. The second-order valence-corrected chi connectivity index (χ2v) is 5.34. The fourth-order valence-electron chi connectivity index (χ4n) is 2.15. The summed E-state index contributed by atoms with van der Waals surface area (Å²) >= 11 is 3.39. The average Bonchev–Trinajstić information content (AvgIpc) is 2.48. The number of hydrogen-bond donors (Lipinski definition) is 2. The van der Waals surface area contributed by atoms with Gasteiger partial charge in [-0.05, 0) is 24.3 Å². The normalized spacial score (nSPS) is 13.8. The lowest BCUT2D eigenvalue weighted by Gasteiger charge is -2.23. The Morgan fingerprint density at radius 3 is 2.75 bits per heavy atom. The zero-order valence-electron chi connectivity index (χ0n) is 11.2. The summed E-state index contributed by atoms with van der Waals surface area (Å²) in [5, 5.41) is 10.6. The van der Waals surface area contributed by atoms with Crippen LogP contribution in [0.5, 0.6) is 5.75 Å². The Hall–Kier alpha value is -1.43. The van der Waals surface area contributed by atoms with Crippen molar-refractivity contribution in [3.63, 3.8) is 0 Å². The van der Waals surface area contributed by atoms with E-state index >= 15 is 0 Å².